The first-order chi connectivity index (χ1) is 16.2. The Morgan fingerprint density at radius 2 is 1.74 bits per heavy atom. The number of amides is 3. The Morgan fingerprint density at radius 3 is 2.41 bits per heavy atom. The fourth-order valence-electron chi connectivity index (χ4n) is 3.39. The average molecular weight is 471 g/mol. The zero-order valence-corrected chi connectivity index (χ0v) is 20.5. The van der Waals surface area contributed by atoms with Gasteiger partial charge in [0.2, 0.25) is 11.8 Å². The number of methoxy groups -OCH3 is 1. The van der Waals surface area contributed by atoms with E-state index in [1.54, 1.807) is 37.3 Å². The highest BCUT2D eigenvalue weighted by Gasteiger charge is 2.20. The number of unbranched alkanes of at least 4 members (excludes halogenated alkanes) is 2. The highest BCUT2D eigenvalue weighted by atomic mass is 16.5. The first-order valence-corrected chi connectivity index (χ1v) is 11.2. The molecule has 0 aliphatic rings. The summed E-state index contributed by atoms with van der Waals surface area (Å²) in [5.74, 6) is 0.288. The van der Waals surface area contributed by atoms with Crippen LogP contribution in [0.25, 0.3) is 11.1 Å². The molecule has 0 saturated carbocycles. The van der Waals surface area contributed by atoms with Gasteiger partial charge in [0.05, 0.1) is 19.3 Å². The molecular formula is C25H34N4O5. The minimum absolute atomic E-state index is 0.00636. The number of rotatable bonds is 11. The van der Waals surface area contributed by atoms with Gasteiger partial charge in [-0.2, -0.15) is 0 Å². The molecule has 0 atom stereocenters. The molecule has 3 N–H and O–H groups in total. The van der Waals surface area contributed by atoms with Crippen LogP contribution in [-0.2, 0) is 9.59 Å². The lowest BCUT2D eigenvalue weighted by molar-refractivity contribution is -0.125. The zero-order chi connectivity index (χ0) is 25.1. The maximum atomic E-state index is 12.8. The number of benzene rings is 2. The molecule has 3 amide bonds. The Morgan fingerprint density at radius 1 is 0.971 bits per heavy atom. The number of hydrazine groups is 2. The second-order valence-electron chi connectivity index (χ2n) is 8.11. The van der Waals surface area contributed by atoms with E-state index < -0.39 is 5.91 Å². The predicted molar refractivity (Wildman–Crippen MR) is 130 cm³/mol. The van der Waals surface area contributed by atoms with Crippen LogP contribution < -0.4 is 25.8 Å². The van der Waals surface area contributed by atoms with Gasteiger partial charge in [-0.3, -0.25) is 30.7 Å². The Bertz CT molecular complexity index is 1010. The normalized spacial score (nSPS) is 10.5. The standard InChI is InChI=1S/C25H34N4O5/c1-17-13-14-19(22(16-17)34-15-8-6-7-12-23(31)28-29(3)4)24-20(10-9-11-21(24)33-5)25(32)27-26-18(2)30/h9-11,13-14,16H,6-8,12,15H2,1-5H3,(H,26,30)(H,27,32)(H,28,31). The smallest absolute Gasteiger partial charge is 0.270 e. The molecule has 0 aliphatic carbocycles. The summed E-state index contributed by atoms with van der Waals surface area (Å²) in [6, 6.07) is 10.9. The summed E-state index contributed by atoms with van der Waals surface area (Å²) in [7, 11) is 5.10. The average Bonchev–Trinajstić information content (AvgIpc) is 2.79. The molecule has 2 aromatic carbocycles. The maximum absolute atomic E-state index is 12.8. The molecule has 9 heteroatoms. The molecule has 0 unspecified atom stereocenters. The fraction of sp³-hybridized carbons (Fsp3) is 0.400. The number of carbonyl (C=O) groups is 3. The van der Waals surface area contributed by atoms with Crippen molar-refractivity contribution in [3.8, 4) is 22.6 Å². The van der Waals surface area contributed by atoms with Crippen molar-refractivity contribution >= 4 is 17.7 Å². The molecule has 184 valence electrons. The molecule has 0 heterocycles. The molecule has 0 radical (unpaired) electrons. The summed E-state index contributed by atoms with van der Waals surface area (Å²) in [5.41, 5.74) is 10.1. The highest BCUT2D eigenvalue weighted by molar-refractivity contribution is 6.03. The van der Waals surface area contributed by atoms with E-state index in [2.05, 4.69) is 16.3 Å². The van der Waals surface area contributed by atoms with E-state index in [0.717, 1.165) is 24.8 Å². The first kappa shape index (κ1) is 26.7. The van der Waals surface area contributed by atoms with Crippen molar-refractivity contribution in [1.82, 2.24) is 21.3 Å². The monoisotopic (exact) mass is 470 g/mol. The van der Waals surface area contributed by atoms with Crippen LogP contribution in [0.5, 0.6) is 11.5 Å². The van der Waals surface area contributed by atoms with E-state index in [4.69, 9.17) is 9.47 Å². The van der Waals surface area contributed by atoms with Crippen molar-refractivity contribution in [3.63, 3.8) is 0 Å². The van der Waals surface area contributed by atoms with Gasteiger partial charge >= 0.3 is 0 Å². The lowest BCUT2D eigenvalue weighted by atomic mass is 9.96. The number of nitrogens with zero attached hydrogens (tertiary/aromatic N) is 1. The van der Waals surface area contributed by atoms with Crippen LogP contribution in [0.3, 0.4) is 0 Å². The topological polar surface area (TPSA) is 109 Å². The van der Waals surface area contributed by atoms with E-state index in [1.165, 1.54) is 14.0 Å². The molecule has 0 spiro atoms. The highest BCUT2D eigenvalue weighted by Crippen LogP contribution is 2.39. The van der Waals surface area contributed by atoms with Crippen LogP contribution >= 0.6 is 0 Å². The van der Waals surface area contributed by atoms with Gasteiger partial charge in [-0.1, -0.05) is 18.2 Å². The SMILES string of the molecule is COc1cccc(C(=O)NNC(C)=O)c1-c1ccc(C)cc1OCCCCCC(=O)NN(C)C. The van der Waals surface area contributed by atoms with E-state index >= 15 is 0 Å². The lowest BCUT2D eigenvalue weighted by Gasteiger charge is -2.18. The fourth-order valence-corrected chi connectivity index (χ4v) is 3.39. The summed E-state index contributed by atoms with van der Waals surface area (Å²) in [4.78, 5) is 35.7. The summed E-state index contributed by atoms with van der Waals surface area (Å²) >= 11 is 0. The Hall–Kier alpha value is -3.59. The number of carbonyl (C=O) groups excluding carboxylic acids is 3. The van der Waals surface area contributed by atoms with Gasteiger partial charge in [-0.25, -0.2) is 5.01 Å². The summed E-state index contributed by atoms with van der Waals surface area (Å²) in [5, 5.41) is 1.63. The summed E-state index contributed by atoms with van der Waals surface area (Å²) < 4.78 is 11.7. The van der Waals surface area contributed by atoms with Crippen LogP contribution in [0.1, 0.15) is 48.5 Å². The molecular weight excluding hydrogens is 436 g/mol. The van der Waals surface area contributed by atoms with Gasteiger partial charge < -0.3 is 9.47 Å². The van der Waals surface area contributed by atoms with Gasteiger partial charge in [0.1, 0.15) is 11.5 Å². The molecule has 0 aliphatic heterocycles. The van der Waals surface area contributed by atoms with Crippen LogP contribution in [0, 0.1) is 6.92 Å². The Kier molecular flexibility index (Phi) is 10.3. The third-order valence-corrected chi connectivity index (χ3v) is 4.90. The van der Waals surface area contributed by atoms with Gasteiger partial charge in [-0.15, -0.1) is 0 Å². The Balaban J connectivity index is 2.17. The third kappa shape index (κ3) is 8.08. The van der Waals surface area contributed by atoms with E-state index in [1.807, 2.05) is 25.1 Å². The molecule has 9 nitrogen and oxygen atoms in total. The second kappa shape index (κ2) is 13.2. The van der Waals surface area contributed by atoms with Crippen LogP contribution in [0.2, 0.25) is 0 Å². The predicted octanol–water partition coefficient (Wildman–Crippen LogP) is 2.98. The summed E-state index contributed by atoms with van der Waals surface area (Å²) in [6.07, 6.45) is 2.86. The van der Waals surface area contributed by atoms with Crippen LogP contribution in [0.15, 0.2) is 36.4 Å². The second-order valence-corrected chi connectivity index (χ2v) is 8.11. The first-order valence-electron chi connectivity index (χ1n) is 11.2. The maximum Gasteiger partial charge on any atom is 0.270 e. The van der Waals surface area contributed by atoms with Crippen molar-refractivity contribution in [2.45, 2.75) is 39.5 Å². The molecule has 0 fully saturated rings. The van der Waals surface area contributed by atoms with E-state index in [0.29, 0.717) is 41.2 Å². The summed E-state index contributed by atoms with van der Waals surface area (Å²) in [6.45, 7) is 3.74. The third-order valence-electron chi connectivity index (χ3n) is 4.90. The zero-order valence-electron chi connectivity index (χ0n) is 20.5. The lowest BCUT2D eigenvalue weighted by Crippen LogP contribution is -2.40. The van der Waals surface area contributed by atoms with Crippen molar-refractivity contribution in [2.24, 2.45) is 0 Å². The van der Waals surface area contributed by atoms with Crippen molar-refractivity contribution < 1.29 is 23.9 Å². The number of hydrogen-bond donors (Lipinski definition) is 3. The van der Waals surface area contributed by atoms with Gasteiger partial charge in [-0.05, 0) is 49.9 Å². The number of hydrogen-bond acceptors (Lipinski definition) is 6. The quantitative estimate of drug-likeness (QED) is 0.344. The van der Waals surface area contributed by atoms with E-state index in [9.17, 15) is 14.4 Å². The van der Waals surface area contributed by atoms with Crippen molar-refractivity contribution in [3.05, 3.63) is 47.5 Å². The molecule has 0 bridgehead atoms. The number of ether oxygens (including phenoxy) is 2. The van der Waals surface area contributed by atoms with Gasteiger partial charge in [0.15, 0.2) is 0 Å². The minimum atomic E-state index is -0.466. The van der Waals surface area contributed by atoms with Crippen LogP contribution in [0.4, 0.5) is 0 Å². The minimum Gasteiger partial charge on any atom is -0.496 e. The Labute approximate surface area is 200 Å². The van der Waals surface area contributed by atoms with Crippen LogP contribution in [-0.4, -0.2) is 50.5 Å². The van der Waals surface area contributed by atoms with Crippen molar-refractivity contribution in [2.75, 3.05) is 27.8 Å². The van der Waals surface area contributed by atoms with Gasteiger partial charge in [0.25, 0.3) is 5.91 Å². The number of aryl methyl sites for hydroxylation is 1. The molecule has 0 aromatic heterocycles. The van der Waals surface area contributed by atoms with E-state index in [-0.39, 0.29) is 11.8 Å². The molecule has 34 heavy (non-hydrogen) atoms. The molecule has 2 aromatic rings. The molecule has 0 saturated heterocycles. The van der Waals surface area contributed by atoms with Gasteiger partial charge in [0, 0.05) is 38.6 Å². The largest absolute Gasteiger partial charge is 0.496 e. The van der Waals surface area contributed by atoms with Crippen molar-refractivity contribution in [1.29, 1.82) is 0 Å². The number of nitrogens with one attached hydrogen (secondary N) is 3. The molecule has 2 rings (SSSR count).